The van der Waals surface area contributed by atoms with Crippen molar-refractivity contribution in [1.82, 2.24) is 4.98 Å². The summed E-state index contributed by atoms with van der Waals surface area (Å²) in [5, 5.41) is 10.2. The molecule has 0 amide bonds. The molecule has 0 radical (unpaired) electrons. The summed E-state index contributed by atoms with van der Waals surface area (Å²) < 4.78 is 0. The Hall–Kier alpha value is -0.890. The summed E-state index contributed by atoms with van der Waals surface area (Å²) in [6, 6.07) is 6.06. The molecule has 2 rings (SSSR count). The van der Waals surface area contributed by atoms with E-state index in [0.717, 1.165) is 36.6 Å². The maximum Gasteiger partial charge on any atom is 0.0960 e. The van der Waals surface area contributed by atoms with E-state index >= 15 is 0 Å². The van der Waals surface area contributed by atoms with Crippen LogP contribution in [0.1, 0.15) is 63.9 Å². The first-order valence-electron chi connectivity index (χ1n) is 7.08. The van der Waals surface area contributed by atoms with Crippen molar-refractivity contribution in [2.45, 2.75) is 59.0 Å². The number of aliphatic hydroxyl groups is 1. The number of pyridine rings is 1. The molecule has 1 aromatic rings. The van der Waals surface area contributed by atoms with E-state index in [1.54, 1.807) is 0 Å². The van der Waals surface area contributed by atoms with Crippen molar-refractivity contribution in [3.63, 3.8) is 0 Å². The topological polar surface area (TPSA) is 33.1 Å². The Bertz CT molecular complexity index is 390. The van der Waals surface area contributed by atoms with Gasteiger partial charge in [0.15, 0.2) is 0 Å². The predicted octanol–water partition coefficient (Wildman–Crippen LogP) is 3.89. The molecule has 1 atom stereocenters. The summed E-state index contributed by atoms with van der Waals surface area (Å²) >= 11 is 0. The molecule has 0 saturated heterocycles. The number of aromatic nitrogens is 1. The summed E-state index contributed by atoms with van der Waals surface area (Å²) in [5.41, 5.74) is 2.26. The second-order valence-electron chi connectivity index (χ2n) is 6.82. The van der Waals surface area contributed by atoms with Crippen molar-refractivity contribution in [3.8, 4) is 0 Å². The van der Waals surface area contributed by atoms with Gasteiger partial charge in [-0.2, -0.15) is 0 Å². The zero-order valence-corrected chi connectivity index (χ0v) is 11.8. The van der Waals surface area contributed by atoms with Gasteiger partial charge in [-0.3, -0.25) is 4.98 Å². The highest BCUT2D eigenvalue weighted by atomic mass is 16.3. The van der Waals surface area contributed by atoms with Crippen LogP contribution in [0.3, 0.4) is 0 Å². The average Bonchev–Trinajstić information content (AvgIpc) is 3.09. The fraction of sp³-hybridized carbons (Fsp3) is 0.688. The summed E-state index contributed by atoms with van der Waals surface area (Å²) in [6.45, 7) is 6.62. The maximum atomic E-state index is 10.2. The highest BCUT2D eigenvalue weighted by Crippen LogP contribution is 2.32. The SMILES string of the molecule is CC(C)(C)CC[C@H](O)c1cccc(CC2CC2)n1. The molecule has 18 heavy (non-hydrogen) atoms. The fourth-order valence-corrected chi connectivity index (χ4v) is 2.13. The third-order valence-electron chi connectivity index (χ3n) is 3.53. The zero-order valence-electron chi connectivity index (χ0n) is 11.8. The van der Waals surface area contributed by atoms with Gasteiger partial charge >= 0.3 is 0 Å². The molecular formula is C16H25NO. The van der Waals surface area contributed by atoms with Crippen LogP contribution >= 0.6 is 0 Å². The lowest BCUT2D eigenvalue weighted by molar-refractivity contribution is 0.143. The van der Waals surface area contributed by atoms with E-state index in [0.29, 0.717) is 0 Å². The number of nitrogens with zero attached hydrogens (tertiary/aromatic N) is 1. The molecule has 100 valence electrons. The van der Waals surface area contributed by atoms with E-state index in [4.69, 9.17) is 0 Å². The van der Waals surface area contributed by atoms with E-state index in [1.165, 1.54) is 12.8 Å². The molecule has 1 fully saturated rings. The largest absolute Gasteiger partial charge is 0.387 e. The Balaban J connectivity index is 1.93. The quantitative estimate of drug-likeness (QED) is 0.856. The second-order valence-corrected chi connectivity index (χ2v) is 6.82. The highest BCUT2D eigenvalue weighted by Gasteiger charge is 2.22. The minimum absolute atomic E-state index is 0.270. The molecule has 0 aromatic carbocycles. The maximum absolute atomic E-state index is 10.2. The Morgan fingerprint density at radius 1 is 1.33 bits per heavy atom. The standard InChI is InChI=1S/C16H25NO/c1-16(2,3)10-9-15(18)14-6-4-5-13(17-14)11-12-7-8-12/h4-6,12,15,18H,7-11H2,1-3H3/t15-/m0/s1. The van der Waals surface area contributed by atoms with Crippen LogP contribution in [0.15, 0.2) is 18.2 Å². The number of rotatable bonds is 5. The predicted molar refractivity (Wildman–Crippen MR) is 74.3 cm³/mol. The van der Waals surface area contributed by atoms with E-state index in [-0.39, 0.29) is 5.41 Å². The third kappa shape index (κ3) is 4.41. The van der Waals surface area contributed by atoms with Crippen molar-refractivity contribution in [1.29, 1.82) is 0 Å². The molecule has 0 unspecified atom stereocenters. The van der Waals surface area contributed by atoms with Gasteiger partial charge in [0, 0.05) is 5.69 Å². The molecule has 1 aliphatic carbocycles. The van der Waals surface area contributed by atoms with Crippen molar-refractivity contribution >= 4 is 0 Å². The highest BCUT2D eigenvalue weighted by molar-refractivity contribution is 5.14. The van der Waals surface area contributed by atoms with Crippen LogP contribution in [-0.4, -0.2) is 10.1 Å². The lowest BCUT2D eigenvalue weighted by Gasteiger charge is -2.20. The molecule has 2 nitrogen and oxygen atoms in total. The van der Waals surface area contributed by atoms with E-state index in [9.17, 15) is 5.11 Å². The average molecular weight is 247 g/mol. The first-order chi connectivity index (χ1) is 8.44. The molecule has 0 aliphatic heterocycles. The third-order valence-corrected chi connectivity index (χ3v) is 3.53. The Labute approximate surface area is 110 Å². The summed E-state index contributed by atoms with van der Waals surface area (Å²) in [5.74, 6) is 0.847. The number of hydrogen-bond donors (Lipinski definition) is 1. The van der Waals surface area contributed by atoms with Crippen molar-refractivity contribution < 1.29 is 5.11 Å². The Morgan fingerprint density at radius 3 is 2.67 bits per heavy atom. The molecule has 1 aromatic heterocycles. The smallest absolute Gasteiger partial charge is 0.0960 e. The molecule has 0 spiro atoms. The van der Waals surface area contributed by atoms with E-state index in [2.05, 4.69) is 31.8 Å². The van der Waals surface area contributed by atoms with Gasteiger partial charge < -0.3 is 5.11 Å². The van der Waals surface area contributed by atoms with Crippen molar-refractivity contribution in [3.05, 3.63) is 29.6 Å². The van der Waals surface area contributed by atoms with Gasteiger partial charge in [0.25, 0.3) is 0 Å². The van der Waals surface area contributed by atoms with Crippen LogP contribution in [0.25, 0.3) is 0 Å². The number of hydrogen-bond acceptors (Lipinski definition) is 2. The first kappa shape index (κ1) is 13.5. The molecule has 1 saturated carbocycles. The molecule has 0 bridgehead atoms. The molecule has 1 N–H and O–H groups in total. The van der Waals surface area contributed by atoms with Crippen LogP contribution in [0.4, 0.5) is 0 Å². The van der Waals surface area contributed by atoms with E-state index < -0.39 is 6.10 Å². The van der Waals surface area contributed by atoms with Crippen molar-refractivity contribution in [2.24, 2.45) is 11.3 Å². The van der Waals surface area contributed by atoms with Gasteiger partial charge in [-0.1, -0.05) is 26.8 Å². The van der Waals surface area contributed by atoms with Gasteiger partial charge in [-0.15, -0.1) is 0 Å². The lowest BCUT2D eigenvalue weighted by atomic mass is 9.89. The minimum Gasteiger partial charge on any atom is -0.387 e. The fourth-order valence-electron chi connectivity index (χ4n) is 2.13. The van der Waals surface area contributed by atoms with Gasteiger partial charge in [0.1, 0.15) is 0 Å². The zero-order chi connectivity index (χ0) is 13.2. The number of aliphatic hydroxyl groups excluding tert-OH is 1. The van der Waals surface area contributed by atoms with Gasteiger partial charge in [-0.05, 0) is 55.6 Å². The minimum atomic E-state index is -0.414. The summed E-state index contributed by atoms with van der Waals surface area (Å²) in [7, 11) is 0. The van der Waals surface area contributed by atoms with Crippen LogP contribution in [0.2, 0.25) is 0 Å². The molecular weight excluding hydrogens is 222 g/mol. The Kier molecular flexibility index (Phi) is 4.06. The normalized spacial score (nSPS) is 17.8. The Morgan fingerprint density at radius 2 is 2.06 bits per heavy atom. The lowest BCUT2D eigenvalue weighted by Crippen LogP contribution is -2.09. The van der Waals surface area contributed by atoms with Gasteiger partial charge in [-0.25, -0.2) is 0 Å². The molecule has 1 aliphatic rings. The molecule has 1 heterocycles. The second kappa shape index (κ2) is 5.40. The van der Waals surface area contributed by atoms with Gasteiger partial charge in [0.05, 0.1) is 11.8 Å². The first-order valence-corrected chi connectivity index (χ1v) is 7.08. The molecule has 2 heteroatoms. The van der Waals surface area contributed by atoms with Crippen LogP contribution in [0, 0.1) is 11.3 Å². The summed E-state index contributed by atoms with van der Waals surface area (Å²) in [6.07, 6.45) is 5.17. The van der Waals surface area contributed by atoms with E-state index in [1.807, 2.05) is 12.1 Å². The summed E-state index contributed by atoms with van der Waals surface area (Å²) in [4.78, 5) is 4.60. The van der Waals surface area contributed by atoms with Crippen LogP contribution in [0.5, 0.6) is 0 Å². The van der Waals surface area contributed by atoms with Crippen LogP contribution < -0.4 is 0 Å². The van der Waals surface area contributed by atoms with Crippen LogP contribution in [-0.2, 0) is 6.42 Å². The van der Waals surface area contributed by atoms with Crippen molar-refractivity contribution in [2.75, 3.05) is 0 Å². The van der Waals surface area contributed by atoms with Gasteiger partial charge in [0.2, 0.25) is 0 Å². The monoisotopic (exact) mass is 247 g/mol.